The van der Waals surface area contributed by atoms with Crippen LogP contribution in [0.25, 0.3) is 21.8 Å². The number of pyridine rings is 1. The molecule has 2 N–H and O–H groups in total. The van der Waals surface area contributed by atoms with E-state index in [-0.39, 0.29) is 4.90 Å². The van der Waals surface area contributed by atoms with Crippen molar-refractivity contribution in [2.75, 3.05) is 36.4 Å². The molecule has 3 aromatic heterocycles. The molecule has 176 valence electrons. The molecule has 6 rings (SSSR count). The summed E-state index contributed by atoms with van der Waals surface area (Å²) in [5.41, 5.74) is 2.30. The van der Waals surface area contributed by atoms with Gasteiger partial charge in [0, 0.05) is 78.5 Å². The van der Waals surface area contributed by atoms with Gasteiger partial charge in [-0.3, -0.25) is 4.98 Å². The molecule has 0 saturated carbocycles. The second kappa shape index (κ2) is 8.64. The summed E-state index contributed by atoms with van der Waals surface area (Å²) in [6.07, 6.45) is 6.38. The van der Waals surface area contributed by atoms with E-state index in [9.17, 15) is 8.42 Å². The van der Waals surface area contributed by atoms with E-state index in [0.29, 0.717) is 22.4 Å². The van der Waals surface area contributed by atoms with E-state index < -0.39 is 10.0 Å². The van der Waals surface area contributed by atoms with Crippen molar-refractivity contribution in [3.05, 3.63) is 79.4 Å². The van der Waals surface area contributed by atoms with E-state index in [4.69, 9.17) is 0 Å². The van der Waals surface area contributed by atoms with Gasteiger partial charge in [0.15, 0.2) is 5.65 Å². The second-order valence-electron chi connectivity index (χ2n) is 8.35. The molecule has 5 aromatic rings. The number of anilines is 3. The van der Waals surface area contributed by atoms with Gasteiger partial charge in [-0.1, -0.05) is 12.1 Å². The standard InChI is InChI=1S/C25H23N7O2S/c33-35(34,23-3-1-2-18-16-27-10-8-22(18)23)32-13-9-19-17-28-25(30-24(19)32)29-20-4-6-21(7-5-20)31-14-11-26-12-15-31/h1-10,13,16-17,26H,11-12,14-15H2,(H,28,29,30). The number of benzene rings is 2. The Bertz CT molecular complexity index is 1620. The summed E-state index contributed by atoms with van der Waals surface area (Å²) < 4.78 is 28.5. The number of hydrogen-bond donors (Lipinski definition) is 2. The molecule has 4 heterocycles. The number of nitrogens with zero attached hydrogens (tertiary/aromatic N) is 5. The quantitative estimate of drug-likeness (QED) is 0.390. The van der Waals surface area contributed by atoms with Crippen LogP contribution in [0, 0.1) is 0 Å². The van der Waals surface area contributed by atoms with Gasteiger partial charge in [-0.05, 0) is 42.5 Å². The maximum atomic E-state index is 13.6. The summed E-state index contributed by atoms with van der Waals surface area (Å²) in [7, 11) is -3.90. The smallest absolute Gasteiger partial charge is 0.269 e. The van der Waals surface area contributed by atoms with Crippen molar-refractivity contribution >= 4 is 49.2 Å². The summed E-state index contributed by atoms with van der Waals surface area (Å²) in [4.78, 5) is 15.6. The lowest BCUT2D eigenvalue weighted by Gasteiger charge is -2.29. The van der Waals surface area contributed by atoms with Crippen LogP contribution >= 0.6 is 0 Å². The Hall–Kier alpha value is -4.02. The minimum atomic E-state index is -3.90. The van der Waals surface area contributed by atoms with Crippen molar-refractivity contribution in [1.82, 2.24) is 24.2 Å². The lowest BCUT2D eigenvalue weighted by Crippen LogP contribution is -2.43. The number of fused-ring (bicyclic) bond motifs is 2. The number of aromatic nitrogens is 4. The highest BCUT2D eigenvalue weighted by Crippen LogP contribution is 2.27. The fraction of sp³-hybridized carbons (Fsp3) is 0.160. The monoisotopic (exact) mass is 485 g/mol. The molecule has 1 saturated heterocycles. The summed E-state index contributed by atoms with van der Waals surface area (Å²) in [5, 5.41) is 8.55. The van der Waals surface area contributed by atoms with Gasteiger partial charge in [0.1, 0.15) is 0 Å². The Kier molecular flexibility index (Phi) is 5.31. The van der Waals surface area contributed by atoms with E-state index in [2.05, 4.69) is 42.6 Å². The van der Waals surface area contributed by atoms with Crippen LogP contribution in [-0.4, -0.2) is 53.5 Å². The molecule has 0 radical (unpaired) electrons. The molecule has 10 heteroatoms. The van der Waals surface area contributed by atoms with Gasteiger partial charge in [-0.25, -0.2) is 17.4 Å². The third-order valence-electron chi connectivity index (χ3n) is 6.18. The molecule has 1 fully saturated rings. The average Bonchev–Trinajstić information content (AvgIpc) is 3.33. The summed E-state index contributed by atoms with van der Waals surface area (Å²) >= 11 is 0. The Morgan fingerprint density at radius 2 is 1.74 bits per heavy atom. The summed E-state index contributed by atoms with van der Waals surface area (Å²) in [6.45, 7) is 3.91. The first kappa shape index (κ1) is 21.5. The molecule has 1 aliphatic rings. The summed E-state index contributed by atoms with van der Waals surface area (Å²) in [6, 6.07) is 16.6. The molecule has 0 spiro atoms. The van der Waals surface area contributed by atoms with Gasteiger partial charge >= 0.3 is 0 Å². The van der Waals surface area contributed by atoms with Crippen LogP contribution < -0.4 is 15.5 Å². The maximum Gasteiger partial charge on any atom is 0.269 e. The van der Waals surface area contributed by atoms with Crippen LogP contribution in [0.3, 0.4) is 0 Å². The van der Waals surface area contributed by atoms with Gasteiger partial charge in [0.25, 0.3) is 10.0 Å². The van der Waals surface area contributed by atoms with Crippen LogP contribution in [0.15, 0.2) is 84.3 Å². The first-order valence-corrected chi connectivity index (χ1v) is 12.8. The third kappa shape index (κ3) is 3.96. The van der Waals surface area contributed by atoms with Gasteiger partial charge in [-0.2, -0.15) is 4.98 Å². The molecule has 35 heavy (non-hydrogen) atoms. The Morgan fingerprint density at radius 3 is 2.57 bits per heavy atom. The van der Waals surface area contributed by atoms with Crippen molar-refractivity contribution < 1.29 is 8.42 Å². The van der Waals surface area contributed by atoms with Crippen molar-refractivity contribution in [3.8, 4) is 0 Å². The largest absolute Gasteiger partial charge is 0.369 e. The molecule has 0 bridgehead atoms. The van der Waals surface area contributed by atoms with Crippen LogP contribution in [-0.2, 0) is 10.0 Å². The fourth-order valence-electron chi connectivity index (χ4n) is 4.38. The first-order valence-electron chi connectivity index (χ1n) is 11.3. The summed E-state index contributed by atoms with van der Waals surface area (Å²) in [5.74, 6) is 0.324. The van der Waals surface area contributed by atoms with Gasteiger partial charge < -0.3 is 15.5 Å². The molecule has 0 aliphatic carbocycles. The average molecular weight is 486 g/mol. The van der Waals surface area contributed by atoms with E-state index in [0.717, 1.165) is 37.3 Å². The zero-order valence-electron chi connectivity index (χ0n) is 18.8. The molecule has 0 atom stereocenters. The van der Waals surface area contributed by atoms with Crippen LogP contribution in [0.1, 0.15) is 0 Å². The normalized spacial score (nSPS) is 14.5. The minimum absolute atomic E-state index is 0.200. The van der Waals surface area contributed by atoms with Crippen molar-refractivity contribution in [2.45, 2.75) is 4.90 Å². The van der Waals surface area contributed by atoms with Crippen LogP contribution in [0.2, 0.25) is 0 Å². The minimum Gasteiger partial charge on any atom is -0.369 e. The number of hydrogen-bond acceptors (Lipinski definition) is 8. The van der Waals surface area contributed by atoms with Crippen LogP contribution in [0.5, 0.6) is 0 Å². The zero-order valence-corrected chi connectivity index (χ0v) is 19.6. The predicted octanol–water partition coefficient (Wildman–Crippen LogP) is 3.37. The molecule has 9 nitrogen and oxygen atoms in total. The highest BCUT2D eigenvalue weighted by atomic mass is 32.2. The van der Waals surface area contributed by atoms with Gasteiger partial charge in [0.05, 0.1) is 4.90 Å². The van der Waals surface area contributed by atoms with E-state index in [1.54, 1.807) is 42.9 Å². The molecule has 2 aromatic carbocycles. The predicted molar refractivity (Wildman–Crippen MR) is 137 cm³/mol. The molecule has 1 aliphatic heterocycles. The lowest BCUT2D eigenvalue weighted by molar-refractivity contribution is 0.589. The number of nitrogens with one attached hydrogen (secondary N) is 2. The highest BCUT2D eigenvalue weighted by Gasteiger charge is 2.22. The van der Waals surface area contributed by atoms with Gasteiger partial charge in [0.2, 0.25) is 5.95 Å². The SMILES string of the molecule is O=S(=O)(c1cccc2cnccc12)n1ccc2cnc(Nc3ccc(N4CCNCC4)cc3)nc21. The van der Waals surface area contributed by atoms with E-state index >= 15 is 0 Å². The Labute approximate surface area is 202 Å². The van der Waals surface area contributed by atoms with Crippen LogP contribution in [0.4, 0.5) is 17.3 Å². The highest BCUT2D eigenvalue weighted by molar-refractivity contribution is 7.90. The Morgan fingerprint density at radius 1 is 0.914 bits per heavy atom. The van der Waals surface area contributed by atoms with E-state index in [1.807, 2.05) is 18.2 Å². The van der Waals surface area contributed by atoms with Crippen molar-refractivity contribution in [3.63, 3.8) is 0 Å². The molecule has 0 amide bonds. The zero-order chi connectivity index (χ0) is 23.8. The van der Waals surface area contributed by atoms with E-state index in [1.165, 1.54) is 15.9 Å². The van der Waals surface area contributed by atoms with Gasteiger partial charge in [-0.15, -0.1) is 0 Å². The first-order chi connectivity index (χ1) is 17.1. The topological polar surface area (TPSA) is 105 Å². The maximum absolute atomic E-state index is 13.6. The number of rotatable bonds is 5. The molecule has 0 unspecified atom stereocenters. The third-order valence-corrected chi connectivity index (χ3v) is 7.90. The second-order valence-corrected chi connectivity index (χ2v) is 10.1. The lowest BCUT2D eigenvalue weighted by atomic mass is 10.2. The fourth-order valence-corrected chi connectivity index (χ4v) is 5.90. The Balaban J connectivity index is 1.33. The van der Waals surface area contributed by atoms with Crippen molar-refractivity contribution in [1.29, 1.82) is 0 Å². The number of piperazine rings is 1. The molecular formula is C25H23N7O2S. The molecular weight excluding hydrogens is 462 g/mol. The van der Waals surface area contributed by atoms with Crippen molar-refractivity contribution in [2.24, 2.45) is 0 Å².